The zero-order valence-electron chi connectivity index (χ0n) is 8.75. The van der Waals surface area contributed by atoms with E-state index in [9.17, 15) is 8.78 Å². The van der Waals surface area contributed by atoms with Crippen LogP contribution in [0.25, 0.3) is 0 Å². The number of alkyl halides is 2. The lowest BCUT2D eigenvalue weighted by atomic mass is 10.2. The van der Waals surface area contributed by atoms with Crippen molar-refractivity contribution in [2.24, 2.45) is 0 Å². The second-order valence-corrected chi connectivity index (χ2v) is 3.58. The zero-order valence-corrected chi connectivity index (χ0v) is 8.75. The summed E-state index contributed by atoms with van der Waals surface area (Å²) in [5, 5.41) is 3.16. The maximum absolute atomic E-state index is 11.8. The molecule has 1 aromatic heterocycles. The molecule has 0 amide bonds. The molecular formula is C10H13F2N3O. The van der Waals surface area contributed by atoms with Crippen LogP contribution in [0.2, 0.25) is 0 Å². The number of halogens is 2. The molecule has 1 N–H and O–H groups in total. The van der Waals surface area contributed by atoms with E-state index in [2.05, 4.69) is 15.3 Å². The first-order valence-corrected chi connectivity index (χ1v) is 5.16. The van der Waals surface area contributed by atoms with Gasteiger partial charge in [-0.2, -0.15) is 0 Å². The molecule has 0 atom stereocenters. The molecule has 6 heteroatoms. The molecule has 0 radical (unpaired) electrons. The van der Waals surface area contributed by atoms with Gasteiger partial charge in [0.1, 0.15) is 12.4 Å². The Kier molecular flexibility index (Phi) is 3.74. The Morgan fingerprint density at radius 3 is 3.12 bits per heavy atom. The lowest BCUT2D eigenvalue weighted by molar-refractivity contribution is 0.0182. The van der Waals surface area contributed by atoms with E-state index in [0.717, 1.165) is 24.3 Å². The molecule has 0 fully saturated rings. The van der Waals surface area contributed by atoms with Crippen LogP contribution in [0, 0.1) is 0 Å². The van der Waals surface area contributed by atoms with E-state index in [1.165, 1.54) is 0 Å². The Morgan fingerprint density at radius 1 is 1.44 bits per heavy atom. The normalized spacial score (nSPS) is 14.4. The van der Waals surface area contributed by atoms with E-state index in [1.54, 1.807) is 6.20 Å². The molecule has 0 bridgehead atoms. The van der Waals surface area contributed by atoms with Crippen molar-refractivity contribution in [1.82, 2.24) is 15.3 Å². The Morgan fingerprint density at radius 2 is 2.31 bits per heavy atom. The molecule has 2 heterocycles. The van der Waals surface area contributed by atoms with E-state index in [0.29, 0.717) is 12.2 Å². The number of hydrogen-bond acceptors (Lipinski definition) is 4. The standard InChI is InChI=1S/C10H13F2N3O/c11-9(12)6-16-2-1-10-14-4-7-3-13-5-8(7)15-10/h4,9,13H,1-3,5-6H2. The molecule has 1 aromatic rings. The van der Waals surface area contributed by atoms with Gasteiger partial charge in [0.2, 0.25) is 0 Å². The number of hydrogen-bond donors (Lipinski definition) is 1. The summed E-state index contributed by atoms with van der Waals surface area (Å²) in [5.74, 6) is 0.650. The SMILES string of the molecule is FC(F)COCCc1ncc2c(n1)CNC2. The third-order valence-electron chi connectivity index (χ3n) is 2.33. The monoisotopic (exact) mass is 229 g/mol. The van der Waals surface area contributed by atoms with Crippen LogP contribution in [0.4, 0.5) is 8.78 Å². The van der Waals surface area contributed by atoms with Gasteiger partial charge < -0.3 is 10.1 Å². The van der Waals surface area contributed by atoms with Crippen molar-refractivity contribution < 1.29 is 13.5 Å². The minimum Gasteiger partial charge on any atom is -0.375 e. The van der Waals surface area contributed by atoms with Gasteiger partial charge in [0.25, 0.3) is 6.43 Å². The number of nitrogens with one attached hydrogen (secondary N) is 1. The average Bonchev–Trinajstić information content (AvgIpc) is 2.71. The van der Waals surface area contributed by atoms with Crippen LogP contribution in [0.1, 0.15) is 17.1 Å². The summed E-state index contributed by atoms with van der Waals surface area (Å²) in [6, 6.07) is 0. The smallest absolute Gasteiger partial charge is 0.261 e. The maximum Gasteiger partial charge on any atom is 0.261 e. The lowest BCUT2D eigenvalue weighted by Crippen LogP contribution is -2.09. The quantitative estimate of drug-likeness (QED) is 0.762. The largest absolute Gasteiger partial charge is 0.375 e. The Balaban J connectivity index is 1.81. The molecule has 16 heavy (non-hydrogen) atoms. The van der Waals surface area contributed by atoms with Gasteiger partial charge in [-0.15, -0.1) is 0 Å². The third kappa shape index (κ3) is 2.93. The van der Waals surface area contributed by atoms with Gasteiger partial charge in [0, 0.05) is 31.3 Å². The molecular weight excluding hydrogens is 216 g/mol. The lowest BCUT2D eigenvalue weighted by Gasteiger charge is -2.04. The van der Waals surface area contributed by atoms with Crippen molar-refractivity contribution >= 4 is 0 Å². The highest BCUT2D eigenvalue weighted by molar-refractivity contribution is 5.21. The Bertz CT molecular complexity index is 360. The highest BCUT2D eigenvalue weighted by Crippen LogP contribution is 2.11. The number of ether oxygens (including phenoxy) is 1. The van der Waals surface area contributed by atoms with Crippen LogP contribution < -0.4 is 5.32 Å². The summed E-state index contributed by atoms with van der Waals surface area (Å²) in [7, 11) is 0. The molecule has 0 aliphatic carbocycles. The van der Waals surface area contributed by atoms with Crippen molar-refractivity contribution in [3.05, 3.63) is 23.3 Å². The van der Waals surface area contributed by atoms with E-state index in [4.69, 9.17) is 4.74 Å². The van der Waals surface area contributed by atoms with E-state index >= 15 is 0 Å². The number of nitrogens with zero attached hydrogens (tertiary/aromatic N) is 2. The molecule has 1 aliphatic rings. The molecule has 0 saturated heterocycles. The topological polar surface area (TPSA) is 47.0 Å². The van der Waals surface area contributed by atoms with Crippen molar-refractivity contribution in [3.8, 4) is 0 Å². The van der Waals surface area contributed by atoms with Gasteiger partial charge in [-0.1, -0.05) is 0 Å². The van der Waals surface area contributed by atoms with Crippen molar-refractivity contribution in [2.45, 2.75) is 25.9 Å². The zero-order chi connectivity index (χ0) is 11.4. The van der Waals surface area contributed by atoms with Crippen LogP contribution in [0.3, 0.4) is 0 Å². The van der Waals surface area contributed by atoms with Crippen LogP contribution in [0.15, 0.2) is 6.20 Å². The Labute approximate surface area is 92.0 Å². The predicted molar refractivity (Wildman–Crippen MR) is 53.1 cm³/mol. The first kappa shape index (κ1) is 11.3. The van der Waals surface area contributed by atoms with Gasteiger partial charge in [-0.25, -0.2) is 18.7 Å². The first-order chi connectivity index (χ1) is 7.75. The fourth-order valence-electron chi connectivity index (χ4n) is 1.56. The highest BCUT2D eigenvalue weighted by Gasteiger charge is 2.12. The highest BCUT2D eigenvalue weighted by atomic mass is 19.3. The van der Waals surface area contributed by atoms with Gasteiger partial charge in [0.15, 0.2) is 0 Å². The predicted octanol–water partition coefficient (Wildman–Crippen LogP) is 0.904. The molecule has 0 spiro atoms. The fourth-order valence-corrected chi connectivity index (χ4v) is 1.56. The third-order valence-corrected chi connectivity index (χ3v) is 2.33. The van der Waals surface area contributed by atoms with Crippen molar-refractivity contribution in [3.63, 3.8) is 0 Å². The number of fused-ring (bicyclic) bond motifs is 1. The second-order valence-electron chi connectivity index (χ2n) is 3.58. The average molecular weight is 229 g/mol. The fraction of sp³-hybridized carbons (Fsp3) is 0.600. The molecule has 0 aromatic carbocycles. The summed E-state index contributed by atoms with van der Waals surface area (Å²) < 4.78 is 28.3. The van der Waals surface area contributed by atoms with Crippen molar-refractivity contribution in [2.75, 3.05) is 13.2 Å². The second kappa shape index (κ2) is 5.27. The minimum absolute atomic E-state index is 0.233. The first-order valence-electron chi connectivity index (χ1n) is 5.16. The minimum atomic E-state index is -2.41. The number of rotatable bonds is 5. The van der Waals surface area contributed by atoms with Gasteiger partial charge >= 0.3 is 0 Å². The summed E-state index contributed by atoms with van der Waals surface area (Å²) in [4.78, 5) is 8.48. The summed E-state index contributed by atoms with van der Waals surface area (Å²) >= 11 is 0. The van der Waals surface area contributed by atoms with Crippen molar-refractivity contribution in [1.29, 1.82) is 0 Å². The molecule has 2 rings (SSSR count). The van der Waals surface area contributed by atoms with Crippen LogP contribution in [-0.4, -0.2) is 29.6 Å². The summed E-state index contributed by atoms with van der Waals surface area (Å²) in [6.07, 6.45) is -0.157. The molecule has 0 unspecified atom stereocenters. The molecule has 4 nitrogen and oxygen atoms in total. The van der Waals surface area contributed by atoms with Gasteiger partial charge in [-0.3, -0.25) is 0 Å². The number of aromatic nitrogens is 2. The van der Waals surface area contributed by atoms with Crippen LogP contribution >= 0.6 is 0 Å². The molecule has 0 saturated carbocycles. The summed E-state index contributed by atoms with van der Waals surface area (Å²) in [6.45, 7) is 1.27. The molecule has 88 valence electrons. The van der Waals surface area contributed by atoms with Gasteiger partial charge in [0.05, 0.1) is 12.3 Å². The van der Waals surface area contributed by atoms with Gasteiger partial charge in [-0.05, 0) is 0 Å². The van der Waals surface area contributed by atoms with Crippen LogP contribution in [0.5, 0.6) is 0 Å². The van der Waals surface area contributed by atoms with E-state index < -0.39 is 13.0 Å². The summed E-state index contributed by atoms with van der Waals surface area (Å²) in [5.41, 5.74) is 2.11. The van der Waals surface area contributed by atoms with E-state index in [1.807, 2.05) is 0 Å². The van der Waals surface area contributed by atoms with E-state index in [-0.39, 0.29) is 6.61 Å². The van der Waals surface area contributed by atoms with Crippen LogP contribution in [-0.2, 0) is 24.2 Å². The molecule has 1 aliphatic heterocycles. The maximum atomic E-state index is 11.8. The Hall–Kier alpha value is -1.14.